The minimum absolute atomic E-state index is 0.542. The molecule has 0 bridgehead atoms. The van der Waals surface area contributed by atoms with Crippen LogP contribution in [-0.2, 0) is 0 Å². The lowest BCUT2D eigenvalue weighted by Crippen LogP contribution is -2.26. The highest BCUT2D eigenvalue weighted by molar-refractivity contribution is 5.03. The van der Waals surface area contributed by atoms with E-state index in [1.54, 1.807) is 0 Å². The summed E-state index contributed by atoms with van der Waals surface area (Å²) in [6.07, 6.45) is 4.90. The highest BCUT2D eigenvalue weighted by atomic mass is 14.9. The molecule has 0 amide bonds. The van der Waals surface area contributed by atoms with Gasteiger partial charge in [0.15, 0.2) is 0 Å². The first-order valence-corrected chi connectivity index (χ1v) is 5.61. The van der Waals surface area contributed by atoms with E-state index in [-0.39, 0.29) is 0 Å². The van der Waals surface area contributed by atoms with Crippen molar-refractivity contribution in [3.8, 4) is 0 Å². The second-order valence-corrected chi connectivity index (χ2v) is 3.00. The molecule has 0 rings (SSSR count). The van der Waals surface area contributed by atoms with E-state index in [4.69, 9.17) is 0 Å². The Kier molecular flexibility index (Phi) is 13.7. The van der Waals surface area contributed by atoms with Gasteiger partial charge in [0.05, 0.1) is 0 Å². The Bertz CT molecular complexity index is 108. The molecule has 0 saturated carbocycles. The Morgan fingerprint density at radius 2 is 1.85 bits per heavy atom. The first-order chi connectivity index (χ1) is 6.26. The summed E-state index contributed by atoms with van der Waals surface area (Å²) in [6.45, 7) is 12.4. The molecule has 0 aliphatic rings. The fraction of sp³-hybridized carbons (Fsp3) is 0.833. The molecule has 13 heavy (non-hydrogen) atoms. The summed E-state index contributed by atoms with van der Waals surface area (Å²) in [7, 11) is 2.02. The third-order valence-corrected chi connectivity index (χ3v) is 2.14. The molecule has 1 N–H and O–H groups in total. The van der Waals surface area contributed by atoms with Gasteiger partial charge in [0, 0.05) is 6.04 Å². The van der Waals surface area contributed by atoms with Crippen LogP contribution in [0, 0.1) is 0 Å². The van der Waals surface area contributed by atoms with Crippen LogP contribution in [-0.4, -0.2) is 13.1 Å². The first-order valence-electron chi connectivity index (χ1n) is 5.61. The van der Waals surface area contributed by atoms with E-state index in [0.717, 1.165) is 6.42 Å². The topological polar surface area (TPSA) is 12.0 Å². The van der Waals surface area contributed by atoms with Gasteiger partial charge in [0.25, 0.3) is 0 Å². The molecular formula is C12H27N. The summed E-state index contributed by atoms with van der Waals surface area (Å²) in [5, 5.41) is 3.29. The highest BCUT2D eigenvalue weighted by Crippen LogP contribution is 2.10. The summed E-state index contributed by atoms with van der Waals surface area (Å²) in [5.74, 6) is 0. The van der Waals surface area contributed by atoms with Gasteiger partial charge >= 0.3 is 0 Å². The third kappa shape index (κ3) is 8.04. The van der Waals surface area contributed by atoms with Crippen LogP contribution in [0.5, 0.6) is 0 Å². The maximum absolute atomic E-state index is 4.03. The van der Waals surface area contributed by atoms with Crippen LogP contribution in [0.3, 0.4) is 0 Å². The molecule has 0 saturated heterocycles. The minimum atomic E-state index is 0.542. The number of nitrogens with one attached hydrogen (secondary N) is 1. The summed E-state index contributed by atoms with van der Waals surface area (Å²) in [4.78, 5) is 0. The second-order valence-electron chi connectivity index (χ2n) is 3.00. The van der Waals surface area contributed by atoms with Gasteiger partial charge in [0.1, 0.15) is 0 Å². The predicted molar refractivity (Wildman–Crippen MR) is 63.2 cm³/mol. The molecule has 0 spiro atoms. The van der Waals surface area contributed by atoms with Crippen molar-refractivity contribution < 1.29 is 0 Å². The van der Waals surface area contributed by atoms with E-state index < -0.39 is 0 Å². The molecular weight excluding hydrogens is 158 g/mol. The van der Waals surface area contributed by atoms with Gasteiger partial charge in [-0.05, 0) is 19.9 Å². The maximum atomic E-state index is 4.03. The number of likely N-dealkylation sites (N-methyl/N-ethyl adjacent to an activating group) is 1. The number of hydrogen-bond donors (Lipinski definition) is 1. The van der Waals surface area contributed by atoms with Crippen molar-refractivity contribution in [1.29, 1.82) is 0 Å². The highest BCUT2D eigenvalue weighted by Gasteiger charge is 2.06. The van der Waals surface area contributed by atoms with Crippen molar-refractivity contribution in [2.45, 2.75) is 59.4 Å². The van der Waals surface area contributed by atoms with Crippen LogP contribution in [0.25, 0.3) is 0 Å². The third-order valence-electron chi connectivity index (χ3n) is 2.14. The molecule has 0 aliphatic carbocycles. The molecule has 1 unspecified atom stereocenters. The normalized spacial score (nSPS) is 11.5. The van der Waals surface area contributed by atoms with E-state index >= 15 is 0 Å². The van der Waals surface area contributed by atoms with E-state index in [2.05, 4.69) is 25.7 Å². The van der Waals surface area contributed by atoms with E-state index in [1.165, 1.54) is 24.8 Å². The fourth-order valence-corrected chi connectivity index (χ4v) is 1.21. The molecule has 1 nitrogen and oxygen atoms in total. The van der Waals surface area contributed by atoms with Crippen LogP contribution < -0.4 is 5.32 Å². The molecule has 0 heterocycles. The zero-order chi connectivity index (χ0) is 10.7. The standard InChI is InChI=1S/C10H21N.C2H6/c1-5-7-8-10(11-4)9(3)6-2;1-2/h10-11H,3,5-8H2,1-2,4H3;1-2H3. The molecule has 1 heteroatoms. The summed E-state index contributed by atoms with van der Waals surface area (Å²) >= 11 is 0. The lowest BCUT2D eigenvalue weighted by atomic mass is 10.0. The van der Waals surface area contributed by atoms with Gasteiger partial charge in [-0.2, -0.15) is 0 Å². The van der Waals surface area contributed by atoms with Gasteiger partial charge in [-0.25, -0.2) is 0 Å². The van der Waals surface area contributed by atoms with Crippen LogP contribution in [0.1, 0.15) is 53.4 Å². The van der Waals surface area contributed by atoms with Crippen molar-refractivity contribution in [3.63, 3.8) is 0 Å². The molecule has 0 fully saturated rings. The first kappa shape index (κ1) is 15.2. The summed E-state index contributed by atoms with van der Waals surface area (Å²) < 4.78 is 0. The Morgan fingerprint density at radius 3 is 2.15 bits per heavy atom. The number of unbranched alkanes of at least 4 members (excludes halogenated alkanes) is 1. The molecule has 0 aromatic carbocycles. The van der Waals surface area contributed by atoms with Crippen LogP contribution in [0.4, 0.5) is 0 Å². The SMILES string of the molecule is C=C(CC)C(CCCC)NC.CC. The average molecular weight is 185 g/mol. The minimum Gasteiger partial charge on any atom is -0.313 e. The lowest BCUT2D eigenvalue weighted by molar-refractivity contribution is 0.547. The quantitative estimate of drug-likeness (QED) is 0.621. The fourth-order valence-electron chi connectivity index (χ4n) is 1.21. The zero-order valence-electron chi connectivity index (χ0n) is 10.1. The van der Waals surface area contributed by atoms with Gasteiger partial charge < -0.3 is 5.32 Å². The van der Waals surface area contributed by atoms with Crippen LogP contribution in [0.15, 0.2) is 12.2 Å². The lowest BCUT2D eigenvalue weighted by Gasteiger charge is -2.17. The van der Waals surface area contributed by atoms with Crippen molar-refractivity contribution in [1.82, 2.24) is 5.32 Å². The average Bonchev–Trinajstić information content (AvgIpc) is 2.21. The summed E-state index contributed by atoms with van der Waals surface area (Å²) in [6, 6.07) is 0.542. The Hall–Kier alpha value is -0.300. The van der Waals surface area contributed by atoms with E-state index in [0.29, 0.717) is 6.04 Å². The van der Waals surface area contributed by atoms with Gasteiger partial charge in [-0.1, -0.05) is 52.7 Å². The van der Waals surface area contributed by atoms with Crippen molar-refractivity contribution >= 4 is 0 Å². The zero-order valence-corrected chi connectivity index (χ0v) is 10.1. The van der Waals surface area contributed by atoms with E-state index in [1.807, 2.05) is 20.9 Å². The maximum Gasteiger partial charge on any atom is 0.0273 e. The molecule has 0 aliphatic heterocycles. The van der Waals surface area contributed by atoms with Gasteiger partial charge in [-0.3, -0.25) is 0 Å². The number of rotatable bonds is 6. The molecule has 80 valence electrons. The predicted octanol–water partition coefficient (Wildman–Crippen LogP) is 3.76. The van der Waals surface area contributed by atoms with Crippen molar-refractivity contribution in [3.05, 3.63) is 12.2 Å². The number of hydrogen-bond acceptors (Lipinski definition) is 1. The van der Waals surface area contributed by atoms with Crippen LogP contribution in [0.2, 0.25) is 0 Å². The van der Waals surface area contributed by atoms with Crippen molar-refractivity contribution in [2.24, 2.45) is 0 Å². The molecule has 1 atom stereocenters. The van der Waals surface area contributed by atoms with Crippen LogP contribution >= 0.6 is 0 Å². The largest absolute Gasteiger partial charge is 0.313 e. The molecule has 0 radical (unpaired) electrons. The van der Waals surface area contributed by atoms with E-state index in [9.17, 15) is 0 Å². The summed E-state index contributed by atoms with van der Waals surface area (Å²) in [5.41, 5.74) is 1.33. The Labute approximate surface area is 84.6 Å². The van der Waals surface area contributed by atoms with Gasteiger partial charge in [-0.15, -0.1) is 0 Å². The Morgan fingerprint density at radius 1 is 1.31 bits per heavy atom. The smallest absolute Gasteiger partial charge is 0.0273 e. The molecule has 0 aromatic heterocycles. The Balaban J connectivity index is 0. The second kappa shape index (κ2) is 11.7. The molecule has 0 aromatic rings. The monoisotopic (exact) mass is 185 g/mol. The van der Waals surface area contributed by atoms with Gasteiger partial charge in [0.2, 0.25) is 0 Å². The van der Waals surface area contributed by atoms with Crippen molar-refractivity contribution in [2.75, 3.05) is 7.05 Å².